The Labute approximate surface area is 106 Å². The van der Waals surface area contributed by atoms with Gasteiger partial charge in [-0.25, -0.2) is 8.42 Å². The monoisotopic (exact) mass is 269 g/mol. The summed E-state index contributed by atoms with van der Waals surface area (Å²) in [7, 11) is -3.70. The highest BCUT2D eigenvalue weighted by Gasteiger charge is 2.37. The molecule has 1 N–H and O–H groups in total. The predicted molar refractivity (Wildman–Crippen MR) is 65.6 cm³/mol. The Bertz CT molecular complexity index is 526. The predicted octanol–water partition coefficient (Wildman–Crippen LogP) is 1.31. The summed E-state index contributed by atoms with van der Waals surface area (Å²) in [6.45, 7) is 0.272. The highest BCUT2D eigenvalue weighted by Crippen LogP contribution is 2.25. The van der Waals surface area contributed by atoms with Crippen LogP contribution in [0.5, 0.6) is 0 Å². The van der Waals surface area contributed by atoms with Crippen LogP contribution in [-0.4, -0.2) is 36.4 Å². The van der Waals surface area contributed by atoms with Gasteiger partial charge >= 0.3 is 5.97 Å². The van der Waals surface area contributed by atoms with E-state index in [1.54, 1.807) is 18.2 Å². The van der Waals surface area contributed by atoms with Crippen molar-refractivity contribution in [3.05, 3.63) is 30.3 Å². The van der Waals surface area contributed by atoms with Crippen molar-refractivity contribution in [1.82, 2.24) is 4.31 Å². The highest BCUT2D eigenvalue weighted by atomic mass is 32.2. The van der Waals surface area contributed by atoms with Gasteiger partial charge in [-0.05, 0) is 31.4 Å². The van der Waals surface area contributed by atoms with E-state index >= 15 is 0 Å². The first-order valence-corrected chi connectivity index (χ1v) is 7.27. The van der Waals surface area contributed by atoms with E-state index in [0.717, 1.165) is 10.7 Å². The smallest absolute Gasteiger partial charge is 0.322 e. The maximum Gasteiger partial charge on any atom is 0.322 e. The molecule has 98 valence electrons. The van der Waals surface area contributed by atoms with Gasteiger partial charge in [-0.15, -0.1) is 0 Å². The fourth-order valence-corrected chi connectivity index (χ4v) is 3.84. The van der Waals surface area contributed by atoms with Crippen molar-refractivity contribution in [1.29, 1.82) is 0 Å². The minimum atomic E-state index is -3.70. The van der Waals surface area contributed by atoms with E-state index < -0.39 is 22.0 Å². The van der Waals surface area contributed by atoms with Crippen LogP contribution in [0.25, 0.3) is 0 Å². The fraction of sp³-hybridized carbons (Fsp3) is 0.417. The molecule has 0 bridgehead atoms. The van der Waals surface area contributed by atoms with Crippen molar-refractivity contribution in [2.45, 2.75) is 30.2 Å². The molecule has 0 unspecified atom stereocenters. The molecule has 0 aromatic heterocycles. The molecule has 0 amide bonds. The molecule has 0 radical (unpaired) electrons. The quantitative estimate of drug-likeness (QED) is 0.898. The SMILES string of the molecule is O=C(O)[C@@H]1CCCCN1S(=O)(=O)c1ccccc1. The number of carboxylic acids is 1. The van der Waals surface area contributed by atoms with Crippen LogP contribution in [0, 0.1) is 0 Å². The lowest BCUT2D eigenvalue weighted by atomic mass is 10.1. The van der Waals surface area contributed by atoms with Gasteiger partial charge in [0, 0.05) is 6.54 Å². The van der Waals surface area contributed by atoms with Crippen LogP contribution in [0.15, 0.2) is 35.2 Å². The minimum Gasteiger partial charge on any atom is -0.480 e. The van der Waals surface area contributed by atoms with Crippen molar-refractivity contribution in [2.75, 3.05) is 6.54 Å². The van der Waals surface area contributed by atoms with Gasteiger partial charge in [0.15, 0.2) is 0 Å². The molecule has 1 aromatic rings. The molecule has 1 aromatic carbocycles. The summed E-state index contributed by atoms with van der Waals surface area (Å²) in [6.07, 6.45) is 1.83. The molecule has 6 heteroatoms. The van der Waals surface area contributed by atoms with E-state index in [2.05, 4.69) is 0 Å². The average Bonchev–Trinajstić information content (AvgIpc) is 2.39. The Morgan fingerprint density at radius 1 is 1.22 bits per heavy atom. The first-order chi connectivity index (χ1) is 8.53. The Morgan fingerprint density at radius 2 is 1.89 bits per heavy atom. The summed E-state index contributed by atoms with van der Waals surface area (Å²) in [5.74, 6) is -1.07. The van der Waals surface area contributed by atoms with Crippen LogP contribution in [-0.2, 0) is 14.8 Å². The Morgan fingerprint density at radius 3 is 2.50 bits per heavy atom. The summed E-state index contributed by atoms with van der Waals surface area (Å²) in [5.41, 5.74) is 0. The maximum atomic E-state index is 12.4. The molecule has 1 fully saturated rings. The molecule has 0 saturated carbocycles. The van der Waals surface area contributed by atoms with Gasteiger partial charge in [-0.1, -0.05) is 18.2 Å². The second kappa shape index (κ2) is 5.07. The zero-order chi connectivity index (χ0) is 13.2. The number of hydrogen-bond donors (Lipinski definition) is 1. The van der Waals surface area contributed by atoms with E-state index in [-0.39, 0.29) is 11.4 Å². The number of benzene rings is 1. The Hall–Kier alpha value is -1.40. The molecular formula is C12H15NO4S. The third-order valence-electron chi connectivity index (χ3n) is 3.09. The zero-order valence-corrected chi connectivity index (χ0v) is 10.6. The number of carboxylic acid groups (broad SMARTS) is 1. The molecular weight excluding hydrogens is 254 g/mol. The molecule has 0 spiro atoms. The standard InChI is InChI=1S/C12H15NO4S/c14-12(15)11-8-4-5-9-13(11)18(16,17)10-6-2-1-3-7-10/h1-3,6-7,11H,4-5,8-9H2,(H,14,15)/t11-/m0/s1. The number of aliphatic carboxylic acids is 1. The average molecular weight is 269 g/mol. The van der Waals surface area contributed by atoms with Gasteiger partial charge in [-0.2, -0.15) is 4.31 Å². The van der Waals surface area contributed by atoms with Crippen LogP contribution in [0.4, 0.5) is 0 Å². The molecule has 2 rings (SSSR count). The fourth-order valence-electron chi connectivity index (χ4n) is 2.17. The van der Waals surface area contributed by atoms with Crippen molar-refractivity contribution < 1.29 is 18.3 Å². The topological polar surface area (TPSA) is 74.7 Å². The highest BCUT2D eigenvalue weighted by molar-refractivity contribution is 7.89. The first kappa shape index (κ1) is 13.0. The van der Waals surface area contributed by atoms with Crippen molar-refractivity contribution in [3.8, 4) is 0 Å². The normalized spacial score (nSPS) is 21.7. The molecule has 18 heavy (non-hydrogen) atoms. The number of carbonyl (C=O) groups is 1. The van der Waals surface area contributed by atoms with E-state index in [0.29, 0.717) is 12.8 Å². The van der Waals surface area contributed by atoms with Crippen molar-refractivity contribution in [2.24, 2.45) is 0 Å². The second-order valence-corrected chi connectivity index (χ2v) is 6.17. The number of hydrogen-bond acceptors (Lipinski definition) is 3. The van der Waals surface area contributed by atoms with E-state index in [4.69, 9.17) is 5.11 Å². The van der Waals surface area contributed by atoms with Crippen molar-refractivity contribution in [3.63, 3.8) is 0 Å². The van der Waals surface area contributed by atoms with Gasteiger partial charge in [-0.3, -0.25) is 4.79 Å². The zero-order valence-electron chi connectivity index (χ0n) is 9.82. The molecule has 0 aliphatic carbocycles. The summed E-state index contributed by atoms with van der Waals surface area (Å²) < 4.78 is 25.8. The molecule has 1 heterocycles. The molecule has 1 aliphatic heterocycles. The summed E-state index contributed by atoms with van der Waals surface area (Å²) >= 11 is 0. The van der Waals surface area contributed by atoms with Crippen LogP contribution < -0.4 is 0 Å². The first-order valence-electron chi connectivity index (χ1n) is 5.83. The van der Waals surface area contributed by atoms with Gasteiger partial charge in [0.25, 0.3) is 0 Å². The molecule has 5 nitrogen and oxygen atoms in total. The van der Waals surface area contributed by atoms with E-state index in [1.807, 2.05) is 0 Å². The van der Waals surface area contributed by atoms with E-state index in [1.165, 1.54) is 12.1 Å². The number of nitrogens with zero attached hydrogens (tertiary/aromatic N) is 1. The van der Waals surface area contributed by atoms with Crippen molar-refractivity contribution >= 4 is 16.0 Å². The largest absolute Gasteiger partial charge is 0.480 e. The van der Waals surface area contributed by atoms with E-state index in [9.17, 15) is 13.2 Å². The summed E-state index contributed by atoms with van der Waals surface area (Å²) in [4.78, 5) is 11.3. The maximum absolute atomic E-state index is 12.4. The Balaban J connectivity index is 2.36. The summed E-state index contributed by atoms with van der Waals surface area (Å²) in [5, 5.41) is 9.11. The minimum absolute atomic E-state index is 0.151. The Kier molecular flexibility index (Phi) is 3.68. The van der Waals surface area contributed by atoms with Crippen LogP contribution in [0.2, 0.25) is 0 Å². The number of rotatable bonds is 3. The third kappa shape index (κ3) is 2.39. The van der Waals surface area contributed by atoms with Crippen LogP contribution in [0.1, 0.15) is 19.3 Å². The number of sulfonamides is 1. The lowest BCUT2D eigenvalue weighted by molar-refractivity contribution is -0.142. The lowest BCUT2D eigenvalue weighted by Gasteiger charge is -2.31. The molecule has 1 atom stereocenters. The number of piperidine rings is 1. The van der Waals surface area contributed by atoms with Gasteiger partial charge in [0.05, 0.1) is 4.90 Å². The molecule has 1 saturated heterocycles. The summed E-state index contributed by atoms with van der Waals surface area (Å²) in [6, 6.07) is 7.03. The third-order valence-corrected chi connectivity index (χ3v) is 5.01. The van der Waals surface area contributed by atoms with Gasteiger partial charge in [0.2, 0.25) is 10.0 Å². The van der Waals surface area contributed by atoms with Gasteiger partial charge < -0.3 is 5.11 Å². The second-order valence-electron chi connectivity index (χ2n) is 4.28. The van der Waals surface area contributed by atoms with Gasteiger partial charge in [0.1, 0.15) is 6.04 Å². The van der Waals surface area contributed by atoms with Crippen LogP contribution >= 0.6 is 0 Å². The van der Waals surface area contributed by atoms with Crippen LogP contribution in [0.3, 0.4) is 0 Å². The molecule has 1 aliphatic rings. The lowest BCUT2D eigenvalue weighted by Crippen LogP contribution is -2.47.